The predicted octanol–water partition coefficient (Wildman–Crippen LogP) is 3.81. The minimum absolute atomic E-state index is 0.460. The SMILES string of the molecule is CCOc1ccc(-c2nnc(Cl)c(C)c2C)cc1. The van der Waals surface area contributed by atoms with Crippen LogP contribution in [-0.2, 0) is 0 Å². The fourth-order valence-electron chi connectivity index (χ4n) is 1.73. The summed E-state index contributed by atoms with van der Waals surface area (Å²) in [5.74, 6) is 0.859. The molecule has 0 aliphatic heterocycles. The lowest BCUT2D eigenvalue weighted by molar-refractivity contribution is 0.340. The Bertz CT molecular complexity index is 552. The first-order valence-electron chi connectivity index (χ1n) is 5.86. The van der Waals surface area contributed by atoms with Crippen LogP contribution in [0.2, 0.25) is 5.15 Å². The van der Waals surface area contributed by atoms with Crippen LogP contribution in [0.1, 0.15) is 18.1 Å². The molecule has 2 rings (SSSR count). The van der Waals surface area contributed by atoms with Crippen LogP contribution in [0.5, 0.6) is 5.75 Å². The van der Waals surface area contributed by atoms with E-state index < -0.39 is 0 Å². The van der Waals surface area contributed by atoms with Gasteiger partial charge in [0.25, 0.3) is 0 Å². The summed E-state index contributed by atoms with van der Waals surface area (Å²) in [7, 11) is 0. The van der Waals surface area contributed by atoms with Gasteiger partial charge in [0.05, 0.1) is 12.3 Å². The van der Waals surface area contributed by atoms with Crippen LogP contribution >= 0.6 is 11.6 Å². The lowest BCUT2D eigenvalue weighted by atomic mass is 10.0. The van der Waals surface area contributed by atoms with E-state index in [2.05, 4.69) is 10.2 Å². The summed E-state index contributed by atoms with van der Waals surface area (Å²) in [6.07, 6.45) is 0. The molecule has 0 saturated heterocycles. The zero-order valence-electron chi connectivity index (χ0n) is 10.7. The molecule has 0 unspecified atom stereocenters. The monoisotopic (exact) mass is 262 g/mol. The third-order valence-electron chi connectivity index (χ3n) is 2.90. The van der Waals surface area contributed by atoms with E-state index in [1.807, 2.05) is 45.0 Å². The molecule has 2 aromatic rings. The average molecular weight is 263 g/mol. The van der Waals surface area contributed by atoms with Gasteiger partial charge in [-0.05, 0) is 56.2 Å². The Kier molecular flexibility index (Phi) is 3.82. The maximum atomic E-state index is 5.95. The van der Waals surface area contributed by atoms with E-state index in [-0.39, 0.29) is 0 Å². The van der Waals surface area contributed by atoms with Gasteiger partial charge in [0, 0.05) is 5.56 Å². The molecule has 1 heterocycles. The fraction of sp³-hybridized carbons (Fsp3) is 0.286. The number of halogens is 1. The summed E-state index contributed by atoms with van der Waals surface area (Å²) in [5.41, 5.74) is 3.90. The van der Waals surface area contributed by atoms with Crippen molar-refractivity contribution in [1.29, 1.82) is 0 Å². The Labute approximate surface area is 112 Å². The van der Waals surface area contributed by atoms with Gasteiger partial charge in [-0.25, -0.2) is 0 Å². The number of hydrogen-bond acceptors (Lipinski definition) is 3. The van der Waals surface area contributed by atoms with Gasteiger partial charge < -0.3 is 4.74 Å². The summed E-state index contributed by atoms with van der Waals surface area (Å²) in [5, 5.41) is 8.58. The van der Waals surface area contributed by atoms with Crippen molar-refractivity contribution in [2.45, 2.75) is 20.8 Å². The lowest BCUT2D eigenvalue weighted by Crippen LogP contribution is -1.97. The highest BCUT2D eigenvalue weighted by Gasteiger charge is 2.10. The molecule has 18 heavy (non-hydrogen) atoms. The first-order chi connectivity index (χ1) is 8.63. The minimum Gasteiger partial charge on any atom is -0.494 e. The van der Waals surface area contributed by atoms with Crippen molar-refractivity contribution in [3.8, 4) is 17.0 Å². The number of rotatable bonds is 3. The van der Waals surface area contributed by atoms with Crippen molar-refractivity contribution in [1.82, 2.24) is 10.2 Å². The molecule has 94 valence electrons. The molecule has 1 aromatic heterocycles. The summed E-state index contributed by atoms with van der Waals surface area (Å²) in [6.45, 7) is 6.58. The van der Waals surface area contributed by atoms with E-state index in [0.29, 0.717) is 11.8 Å². The third-order valence-corrected chi connectivity index (χ3v) is 3.26. The third kappa shape index (κ3) is 2.46. The second kappa shape index (κ2) is 5.36. The molecule has 0 fully saturated rings. The van der Waals surface area contributed by atoms with Crippen LogP contribution < -0.4 is 4.74 Å². The summed E-state index contributed by atoms with van der Waals surface area (Å²) < 4.78 is 5.41. The summed E-state index contributed by atoms with van der Waals surface area (Å²) >= 11 is 5.95. The predicted molar refractivity (Wildman–Crippen MR) is 73.1 cm³/mol. The second-order valence-electron chi connectivity index (χ2n) is 4.05. The summed E-state index contributed by atoms with van der Waals surface area (Å²) in [6, 6.07) is 7.83. The first-order valence-corrected chi connectivity index (χ1v) is 6.24. The average Bonchev–Trinajstić information content (AvgIpc) is 2.38. The Hall–Kier alpha value is -1.61. The topological polar surface area (TPSA) is 35.0 Å². The van der Waals surface area contributed by atoms with Gasteiger partial charge in [-0.3, -0.25) is 0 Å². The van der Waals surface area contributed by atoms with Crippen LogP contribution in [0.3, 0.4) is 0 Å². The van der Waals surface area contributed by atoms with Gasteiger partial charge in [0.2, 0.25) is 0 Å². The maximum absolute atomic E-state index is 5.95. The summed E-state index contributed by atoms with van der Waals surface area (Å²) in [4.78, 5) is 0. The van der Waals surface area contributed by atoms with E-state index in [1.54, 1.807) is 0 Å². The van der Waals surface area contributed by atoms with Gasteiger partial charge in [-0.1, -0.05) is 11.6 Å². The van der Waals surface area contributed by atoms with Crippen molar-refractivity contribution in [2.75, 3.05) is 6.61 Å². The highest BCUT2D eigenvalue weighted by atomic mass is 35.5. The van der Waals surface area contributed by atoms with Gasteiger partial charge in [0.1, 0.15) is 5.75 Å². The van der Waals surface area contributed by atoms with Crippen molar-refractivity contribution < 1.29 is 4.74 Å². The maximum Gasteiger partial charge on any atom is 0.154 e. The second-order valence-corrected chi connectivity index (χ2v) is 4.40. The Balaban J connectivity index is 2.40. The van der Waals surface area contributed by atoms with E-state index in [1.165, 1.54) is 0 Å². The highest BCUT2D eigenvalue weighted by Crippen LogP contribution is 2.27. The van der Waals surface area contributed by atoms with Crippen molar-refractivity contribution in [3.63, 3.8) is 0 Å². The molecule has 3 nitrogen and oxygen atoms in total. The number of ether oxygens (including phenoxy) is 1. The smallest absolute Gasteiger partial charge is 0.154 e. The number of aromatic nitrogens is 2. The minimum atomic E-state index is 0.460. The van der Waals surface area contributed by atoms with Gasteiger partial charge in [0.15, 0.2) is 5.15 Å². The van der Waals surface area contributed by atoms with E-state index in [9.17, 15) is 0 Å². The Morgan fingerprint density at radius 3 is 2.33 bits per heavy atom. The molecule has 0 aliphatic carbocycles. The standard InChI is InChI=1S/C14H15ClN2O/c1-4-18-12-7-5-11(6-8-12)13-9(2)10(3)14(15)17-16-13/h5-8H,4H2,1-3H3. The molecule has 0 spiro atoms. The quantitative estimate of drug-likeness (QED) is 0.844. The Morgan fingerprint density at radius 1 is 1.06 bits per heavy atom. The normalized spacial score (nSPS) is 10.4. The van der Waals surface area contributed by atoms with E-state index >= 15 is 0 Å². The number of nitrogens with zero attached hydrogens (tertiary/aromatic N) is 2. The van der Waals surface area contributed by atoms with Crippen molar-refractivity contribution in [2.24, 2.45) is 0 Å². The molecule has 0 bridgehead atoms. The van der Waals surface area contributed by atoms with Crippen molar-refractivity contribution in [3.05, 3.63) is 40.5 Å². The zero-order chi connectivity index (χ0) is 13.1. The van der Waals surface area contributed by atoms with Crippen molar-refractivity contribution >= 4 is 11.6 Å². The molecule has 0 saturated carbocycles. The van der Waals surface area contributed by atoms with Crippen LogP contribution in [0.25, 0.3) is 11.3 Å². The van der Waals surface area contributed by atoms with Crippen LogP contribution in [0.15, 0.2) is 24.3 Å². The molecule has 4 heteroatoms. The first kappa shape index (κ1) is 12.8. The largest absolute Gasteiger partial charge is 0.494 e. The molecular weight excluding hydrogens is 248 g/mol. The van der Waals surface area contributed by atoms with Crippen LogP contribution in [0.4, 0.5) is 0 Å². The zero-order valence-corrected chi connectivity index (χ0v) is 11.5. The molecule has 0 radical (unpaired) electrons. The highest BCUT2D eigenvalue weighted by molar-refractivity contribution is 6.30. The van der Waals surface area contributed by atoms with Gasteiger partial charge >= 0.3 is 0 Å². The molecular formula is C14H15ClN2O. The molecule has 0 aliphatic rings. The van der Waals surface area contributed by atoms with Gasteiger partial charge in [-0.15, -0.1) is 10.2 Å². The van der Waals surface area contributed by atoms with Crippen LogP contribution in [0, 0.1) is 13.8 Å². The lowest BCUT2D eigenvalue weighted by Gasteiger charge is -2.09. The fourth-order valence-corrected chi connectivity index (χ4v) is 1.91. The molecule has 0 amide bonds. The Morgan fingerprint density at radius 2 is 1.72 bits per heavy atom. The number of benzene rings is 1. The van der Waals surface area contributed by atoms with E-state index in [4.69, 9.17) is 16.3 Å². The molecule has 1 aromatic carbocycles. The van der Waals surface area contributed by atoms with Gasteiger partial charge in [-0.2, -0.15) is 0 Å². The molecule has 0 atom stereocenters. The van der Waals surface area contributed by atoms with Crippen LogP contribution in [-0.4, -0.2) is 16.8 Å². The molecule has 0 N–H and O–H groups in total. The number of hydrogen-bond donors (Lipinski definition) is 0. The van der Waals surface area contributed by atoms with E-state index in [0.717, 1.165) is 28.1 Å².